The summed E-state index contributed by atoms with van der Waals surface area (Å²) in [5.41, 5.74) is 2.80. The minimum atomic E-state index is -3.59. The lowest BCUT2D eigenvalue weighted by Crippen LogP contribution is -2.50. The minimum absolute atomic E-state index is 0.229. The summed E-state index contributed by atoms with van der Waals surface area (Å²) in [5.74, 6) is 0.165. The highest BCUT2D eigenvalue weighted by Gasteiger charge is 2.31. The maximum absolute atomic E-state index is 13.0. The average Bonchev–Trinajstić information content (AvgIpc) is 2.83. The number of para-hydroxylation sites is 2. The van der Waals surface area contributed by atoms with Gasteiger partial charge in [-0.3, -0.25) is 9.78 Å². The van der Waals surface area contributed by atoms with Gasteiger partial charge in [0.15, 0.2) is 0 Å². The molecular weight excluding hydrogens is 412 g/mol. The number of aromatic nitrogens is 2. The molecule has 4 rings (SSSR count). The van der Waals surface area contributed by atoms with E-state index in [9.17, 15) is 13.2 Å². The van der Waals surface area contributed by atoms with Crippen LogP contribution in [0.2, 0.25) is 0 Å². The number of hydrogen-bond acceptors (Lipinski definition) is 5. The molecule has 162 valence electrons. The van der Waals surface area contributed by atoms with Crippen molar-refractivity contribution in [3.05, 3.63) is 66.0 Å². The molecule has 0 aliphatic carbocycles. The van der Waals surface area contributed by atoms with Gasteiger partial charge in [-0.05, 0) is 42.2 Å². The second-order valence-electron chi connectivity index (χ2n) is 7.82. The minimum Gasteiger partial charge on any atom is -0.335 e. The second kappa shape index (κ2) is 8.72. The second-order valence-corrected chi connectivity index (χ2v) is 9.76. The maximum atomic E-state index is 13.0. The van der Waals surface area contributed by atoms with Crippen LogP contribution in [0, 0.1) is 0 Å². The molecule has 0 bridgehead atoms. The highest BCUT2D eigenvalue weighted by Crippen LogP contribution is 2.23. The number of fused-ring (bicyclic) bond motifs is 1. The zero-order chi connectivity index (χ0) is 22.0. The fourth-order valence-corrected chi connectivity index (χ4v) is 5.13. The lowest BCUT2D eigenvalue weighted by molar-refractivity contribution is 0.0692. The van der Waals surface area contributed by atoms with Crippen LogP contribution in [0.5, 0.6) is 0 Å². The molecule has 7 nitrogen and oxygen atoms in total. The number of amides is 1. The summed E-state index contributed by atoms with van der Waals surface area (Å²) in [7, 11) is -3.59. The molecule has 1 unspecified atom stereocenters. The normalized spacial score (nSPS) is 16.4. The van der Waals surface area contributed by atoms with Crippen molar-refractivity contribution >= 4 is 27.0 Å². The van der Waals surface area contributed by atoms with Gasteiger partial charge in [0, 0.05) is 26.2 Å². The van der Waals surface area contributed by atoms with Gasteiger partial charge in [-0.15, -0.1) is 0 Å². The third-order valence-corrected chi connectivity index (χ3v) is 7.81. The number of carbonyl (C=O) groups is 1. The van der Waals surface area contributed by atoms with Crippen LogP contribution in [-0.4, -0.2) is 59.7 Å². The molecule has 1 fully saturated rings. The number of nitrogens with zero attached hydrogens (tertiary/aromatic N) is 4. The molecule has 31 heavy (non-hydrogen) atoms. The number of sulfonamides is 1. The predicted octanol–water partition coefficient (Wildman–Crippen LogP) is 3.29. The Hall–Kier alpha value is -2.84. The third-order valence-electron chi connectivity index (χ3n) is 5.89. The molecule has 8 heteroatoms. The van der Waals surface area contributed by atoms with E-state index in [0.717, 1.165) is 17.5 Å². The average molecular weight is 439 g/mol. The predicted molar refractivity (Wildman–Crippen MR) is 119 cm³/mol. The Balaban J connectivity index is 1.44. The van der Waals surface area contributed by atoms with Crippen LogP contribution >= 0.6 is 0 Å². The highest BCUT2D eigenvalue weighted by molar-refractivity contribution is 7.89. The fraction of sp³-hybridized carbons (Fsp3) is 0.348. The molecule has 2 heterocycles. The van der Waals surface area contributed by atoms with E-state index in [-0.39, 0.29) is 24.7 Å². The summed E-state index contributed by atoms with van der Waals surface area (Å²) < 4.78 is 27.5. The van der Waals surface area contributed by atoms with E-state index in [4.69, 9.17) is 0 Å². The van der Waals surface area contributed by atoms with Crippen LogP contribution in [0.25, 0.3) is 11.0 Å². The van der Waals surface area contributed by atoms with Gasteiger partial charge in [0.25, 0.3) is 5.91 Å². The Labute approximate surface area is 182 Å². The summed E-state index contributed by atoms with van der Waals surface area (Å²) in [6.07, 6.45) is 2.48. The first-order valence-electron chi connectivity index (χ1n) is 10.5. The molecule has 0 N–H and O–H groups in total. The molecule has 0 radical (unpaired) electrons. The van der Waals surface area contributed by atoms with E-state index in [2.05, 4.69) is 23.8 Å². The van der Waals surface area contributed by atoms with Gasteiger partial charge in [-0.2, -0.15) is 4.31 Å². The topological polar surface area (TPSA) is 83.5 Å². The van der Waals surface area contributed by atoms with Crippen molar-refractivity contribution in [1.29, 1.82) is 0 Å². The van der Waals surface area contributed by atoms with Crippen molar-refractivity contribution in [2.75, 3.05) is 26.2 Å². The van der Waals surface area contributed by atoms with E-state index >= 15 is 0 Å². The smallest absolute Gasteiger partial charge is 0.274 e. The highest BCUT2D eigenvalue weighted by atomic mass is 32.2. The summed E-state index contributed by atoms with van der Waals surface area (Å²) in [6, 6.07) is 14.5. The van der Waals surface area contributed by atoms with Gasteiger partial charge in [-0.25, -0.2) is 13.4 Å². The molecule has 1 amide bonds. The van der Waals surface area contributed by atoms with Crippen LogP contribution in [0.15, 0.2) is 59.6 Å². The molecule has 1 atom stereocenters. The van der Waals surface area contributed by atoms with Crippen LogP contribution in [-0.2, 0) is 10.0 Å². The van der Waals surface area contributed by atoms with Gasteiger partial charge in [0.1, 0.15) is 5.69 Å². The Kier molecular flexibility index (Phi) is 6.02. The van der Waals surface area contributed by atoms with E-state index in [0.29, 0.717) is 29.4 Å². The van der Waals surface area contributed by atoms with Crippen LogP contribution in [0.1, 0.15) is 42.2 Å². The van der Waals surface area contributed by atoms with Gasteiger partial charge in [0.05, 0.1) is 22.1 Å². The number of piperazine rings is 1. The van der Waals surface area contributed by atoms with Crippen molar-refractivity contribution in [1.82, 2.24) is 19.2 Å². The quantitative estimate of drug-likeness (QED) is 0.610. The third kappa shape index (κ3) is 4.31. The van der Waals surface area contributed by atoms with Gasteiger partial charge < -0.3 is 4.90 Å². The standard InChI is InChI=1S/C23H26N4O3S/c1-3-17(2)18-8-10-19(11-9-18)31(29,30)27-14-12-26(13-15-27)23(28)22-16-24-20-6-4-5-7-21(20)25-22/h4-11,16-17H,3,12-15H2,1-2H3. The van der Waals surface area contributed by atoms with Gasteiger partial charge in [-0.1, -0.05) is 38.1 Å². The first-order chi connectivity index (χ1) is 14.9. The van der Waals surface area contributed by atoms with E-state index < -0.39 is 10.0 Å². The fourth-order valence-electron chi connectivity index (χ4n) is 3.71. The molecule has 0 spiro atoms. The lowest BCUT2D eigenvalue weighted by atomic mass is 9.99. The first kappa shape index (κ1) is 21.4. The SMILES string of the molecule is CCC(C)c1ccc(S(=O)(=O)N2CCN(C(=O)c3cnc4ccccc4n3)CC2)cc1. The molecule has 1 saturated heterocycles. The molecule has 1 aromatic heterocycles. The first-order valence-corrected chi connectivity index (χ1v) is 12.0. The number of carbonyl (C=O) groups excluding carboxylic acids is 1. The van der Waals surface area contributed by atoms with Crippen molar-refractivity contribution in [2.24, 2.45) is 0 Å². The maximum Gasteiger partial charge on any atom is 0.274 e. The summed E-state index contributed by atoms with van der Waals surface area (Å²) >= 11 is 0. The molecule has 1 aliphatic rings. The van der Waals surface area contributed by atoms with Crippen LogP contribution < -0.4 is 0 Å². The number of benzene rings is 2. The van der Waals surface area contributed by atoms with Gasteiger partial charge >= 0.3 is 0 Å². The molecule has 1 aliphatic heterocycles. The summed E-state index contributed by atoms with van der Waals surface area (Å²) in [4.78, 5) is 23.5. The largest absolute Gasteiger partial charge is 0.335 e. The van der Waals surface area contributed by atoms with E-state index in [1.54, 1.807) is 17.0 Å². The number of hydrogen-bond donors (Lipinski definition) is 0. The Morgan fingerprint density at radius 2 is 1.65 bits per heavy atom. The molecule has 2 aromatic carbocycles. The monoisotopic (exact) mass is 438 g/mol. The summed E-state index contributed by atoms with van der Waals surface area (Å²) in [6.45, 7) is 5.37. The van der Waals surface area contributed by atoms with Crippen molar-refractivity contribution < 1.29 is 13.2 Å². The zero-order valence-electron chi connectivity index (χ0n) is 17.7. The summed E-state index contributed by atoms with van der Waals surface area (Å²) in [5, 5.41) is 0. The van der Waals surface area contributed by atoms with E-state index in [1.165, 1.54) is 10.5 Å². The molecular formula is C23H26N4O3S. The Morgan fingerprint density at radius 1 is 1.00 bits per heavy atom. The van der Waals surface area contributed by atoms with Crippen molar-refractivity contribution in [2.45, 2.75) is 31.1 Å². The number of rotatable bonds is 5. The van der Waals surface area contributed by atoms with E-state index in [1.807, 2.05) is 36.4 Å². The van der Waals surface area contributed by atoms with Crippen molar-refractivity contribution in [3.8, 4) is 0 Å². The van der Waals surface area contributed by atoms with Crippen LogP contribution in [0.4, 0.5) is 0 Å². The van der Waals surface area contributed by atoms with Crippen LogP contribution in [0.3, 0.4) is 0 Å². The van der Waals surface area contributed by atoms with Crippen molar-refractivity contribution in [3.63, 3.8) is 0 Å². The Bertz CT molecular complexity index is 1190. The van der Waals surface area contributed by atoms with Gasteiger partial charge in [0.2, 0.25) is 10.0 Å². The Morgan fingerprint density at radius 3 is 2.29 bits per heavy atom. The zero-order valence-corrected chi connectivity index (χ0v) is 18.5. The lowest BCUT2D eigenvalue weighted by Gasteiger charge is -2.33. The molecule has 3 aromatic rings. The molecule has 0 saturated carbocycles.